The summed E-state index contributed by atoms with van der Waals surface area (Å²) in [6.07, 6.45) is 0.981. The molecule has 3 nitrogen and oxygen atoms in total. The minimum absolute atomic E-state index is 0.206. The average Bonchev–Trinajstić information content (AvgIpc) is 2.91. The van der Waals surface area contributed by atoms with Gasteiger partial charge in [0.1, 0.15) is 0 Å². The van der Waals surface area contributed by atoms with E-state index in [1.54, 1.807) is 0 Å². The van der Waals surface area contributed by atoms with Crippen molar-refractivity contribution in [1.82, 2.24) is 4.90 Å². The minimum Gasteiger partial charge on any atom is -0.380 e. The van der Waals surface area contributed by atoms with E-state index in [4.69, 9.17) is 4.74 Å². The zero-order valence-corrected chi connectivity index (χ0v) is 11.1. The number of nitrogens with zero attached hydrogens (tertiary/aromatic N) is 1. The van der Waals surface area contributed by atoms with Crippen LogP contribution in [0.3, 0.4) is 0 Å². The summed E-state index contributed by atoms with van der Waals surface area (Å²) >= 11 is 3.48. The van der Waals surface area contributed by atoms with E-state index < -0.39 is 0 Å². The number of hydrogen-bond donors (Lipinski definition) is 0. The molecule has 2 atom stereocenters. The molecule has 0 saturated carbocycles. The first kappa shape index (κ1) is 11.6. The van der Waals surface area contributed by atoms with Gasteiger partial charge in [-0.3, -0.25) is 4.79 Å². The van der Waals surface area contributed by atoms with Crippen molar-refractivity contribution in [3.05, 3.63) is 22.4 Å². The van der Waals surface area contributed by atoms with E-state index in [2.05, 4.69) is 4.90 Å². The summed E-state index contributed by atoms with van der Waals surface area (Å²) in [5.41, 5.74) is 0. The number of thioether (sulfide) groups is 1. The van der Waals surface area contributed by atoms with Crippen molar-refractivity contribution < 1.29 is 9.53 Å². The van der Waals surface area contributed by atoms with Crippen LogP contribution in [0, 0.1) is 0 Å². The summed E-state index contributed by atoms with van der Waals surface area (Å²) in [7, 11) is 0. The van der Waals surface area contributed by atoms with Crippen LogP contribution in [0.25, 0.3) is 0 Å². The van der Waals surface area contributed by atoms with E-state index in [-0.39, 0.29) is 5.91 Å². The van der Waals surface area contributed by atoms with Gasteiger partial charge in [-0.15, -0.1) is 11.3 Å². The molecule has 1 aromatic rings. The van der Waals surface area contributed by atoms with E-state index in [9.17, 15) is 4.79 Å². The maximum absolute atomic E-state index is 12.4. The summed E-state index contributed by atoms with van der Waals surface area (Å²) in [6.45, 7) is 2.46. The topological polar surface area (TPSA) is 29.5 Å². The molecule has 2 saturated heterocycles. The summed E-state index contributed by atoms with van der Waals surface area (Å²) < 4.78 is 5.50. The van der Waals surface area contributed by atoms with E-state index in [0.717, 1.165) is 36.8 Å². The normalized spacial score (nSPS) is 28.8. The molecule has 0 bridgehead atoms. The van der Waals surface area contributed by atoms with Crippen molar-refractivity contribution in [3.8, 4) is 0 Å². The summed E-state index contributed by atoms with van der Waals surface area (Å²) in [4.78, 5) is 15.3. The number of ether oxygens (including phenoxy) is 1. The first-order valence-corrected chi connectivity index (χ1v) is 7.83. The molecule has 1 amide bonds. The molecule has 0 N–H and O–H groups in total. The van der Waals surface area contributed by atoms with Crippen LogP contribution in [-0.4, -0.2) is 47.6 Å². The third-order valence-corrected chi connectivity index (χ3v) is 5.48. The largest absolute Gasteiger partial charge is 0.380 e. The molecule has 92 valence electrons. The smallest absolute Gasteiger partial charge is 0.264 e. The number of hydrogen-bond acceptors (Lipinski definition) is 4. The van der Waals surface area contributed by atoms with Crippen molar-refractivity contribution in [2.24, 2.45) is 0 Å². The standard InChI is InChI=1S/C12H15NO2S2/c14-12(10-2-1-6-16-10)13-4-7-17-11-8-15-5-3-9(11)13/h1-2,6,9,11H,3-5,7-8H2. The van der Waals surface area contributed by atoms with E-state index >= 15 is 0 Å². The van der Waals surface area contributed by atoms with Crippen LogP contribution in [0.2, 0.25) is 0 Å². The van der Waals surface area contributed by atoms with Gasteiger partial charge in [-0.2, -0.15) is 11.8 Å². The van der Waals surface area contributed by atoms with Gasteiger partial charge < -0.3 is 9.64 Å². The van der Waals surface area contributed by atoms with E-state index in [1.165, 1.54) is 11.3 Å². The van der Waals surface area contributed by atoms with Gasteiger partial charge in [0.25, 0.3) is 5.91 Å². The van der Waals surface area contributed by atoms with Crippen LogP contribution in [0.1, 0.15) is 16.1 Å². The van der Waals surface area contributed by atoms with Gasteiger partial charge >= 0.3 is 0 Å². The van der Waals surface area contributed by atoms with Gasteiger partial charge in [0, 0.05) is 30.2 Å². The SMILES string of the molecule is O=C(c1cccs1)N1CCSC2COCCC21. The molecule has 2 unspecified atom stereocenters. The van der Waals surface area contributed by atoms with Crippen molar-refractivity contribution in [2.75, 3.05) is 25.5 Å². The Hall–Kier alpha value is -0.520. The lowest BCUT2D eigenvalue weighted by molar-refractivity contribution is 0.0322. The Bertz CT molecular complexity index is 391. The number of thiophene rings is 1. The molecule has 2 fully saturated rings. The number of rotatable bonds is 1. The molecular formula is C12H15NO2S2. The Kier molecular flexibility index (Phi) is 3.40. The highest BCUT2D eigenvalue weighted by Crippen LogP contribution is 2.31. The number of fused-ring (bicyclic) bond motifs is 1. The second-order valence-electron chi connectivity index (χ2n) is 4.32. The van der Waals surface area contributed by atoms with Crippen molar-refractivity contribution in [2.45, 2.75) is 17.7 Å². The van der Waals surface area contributed by atoms with Crippen molar-refractivity contribution in [3.63, 3.8) is 0 Å². The first-order chi connectivity index (χ1) is 8.36. The fourth-order valence-electron chi connectivity index (χ4n) is 2.48. The van der Waals surface area contributed by atoms with Gasteiger partial charge in [-0.05, 0) is 17.9 Å². The molecular weight excluding hydrogens is 254 g/mol. The molecule has 2 aliphatic heterocycles. The number of carbonyl (C=O) groups is 1. The van der Waals surface area contributed by atoms with Crippen LogP contribution < -0.4 is 0 Å². The quantitative estimate of drug-likeness (QED) is 0.782. The summed E-state index contributed by atoms with van der Waals surface area (Å²) in [5.74, 6) is 1.24. The zero-order valence-electron chi connectivity index (χ0n) is 9.50. The lowest BCUT2D eigenvalue weighted by Gasteiger charge is -2.43. The summed E-state index contributed by atoms with van der Waals surface area (Å²) in [5, 5.41) is 2.44. The lowest BCUT2D eigenvalue weighted by atomic mass is 10.1. The maximum atomic E-state index is 12.4. The third kappa shape index (κ3) is 2.23. The molecule has 0 spiro atoms. The molecule has 0 aliphatic carbocycles. The highest BCUT2D eigenvalue weighted by atomic mass is 32.2. The van der Waals surface area contributed by atoms with E-state index in [1.807, 2.05) is 29.3 Å². The number of amides is 1. The molecule has 2 aliphatic rings. The molecule has 1 aromatic heterocycles. The second-order valence-corrected chi connectivity index (χ2v) is 6.61. The zero-order chi connectivity index (χ0) is 11.7. The molecule has 17 heavy (non-hydrogen) atoms. The van der Waals surface area contributed by atoms with Crippen molar-refractivity contribution in [1.29, 1.82) is 0 Å². The summed E-state index contributed by atoms with van der Waals surface area (Å²) in [6, 6.07) is 4.23. The first-order valence-electron chi connectivity index (χ1n) is 5.90. The predicted molar refractivity (Wildman–Crippen MR) is 70.8 cm³/mol. The molecule has 3 rings (SSSR count). The van der Waals surface area contributed by atoms with Gasteiger partial charge in [-0.1, -0.05) is 6.07 Å². The van der Waals surface area contributed by atoms with Crippen LogP contribution in [0.5, 0.6) is 0 Å². The van der Waals surface area contributed by atoms with E-state index in [0.29, 0.717) is 11.3 Å². The average molecular weight is 269 g/mol. The highest BCUT2D eigenvalue weighted by molar-refractivity contribution is 8.00. The van der Waals surface area contributed by atoms with Crippen molar-refractivity contribution >= 4 is 29.0 Å². The second kappa shape index (κ2) is 5.00. The molecule has 5 heteroatoms. The Labute approximate surface area is 109 Å². The van der Waals surface area contributed by atoms with Gasteiger partial charge in [0.15, 0.2) is 0 Å². The monoisotopic (exact) mass is 269 g/mol. The predicted octanol–water partition coefficient (Wildman–Crippen LogP) is 2.09. The minimum atomic E-state index is 0.206. The Morgan fingerprint density at radius 3 is 3.29 bits per heavy atom. The highest BCUT2D eigenvalue weighted by Gasteiger charge is 2.37. The fraction of sp³-hybridized carbons (Fsp3) is 0.583. The third-order valence-electron chi connectivity index (χ3n) is 3.33. The fourth-order valence-corrected chi connectivity index (χ4v) is 4.46. The molecule has 0 radical (unpaired) electrons. The number of carbonyl (C=O) groups excluding carboxylic acids is 1. The lowest BCUT2D eigenvalue weighted by Crippen LogP contribution is -2.54. The van der Waals surface area contributed by atoms with Crippen LogP contribution in [-0.2, 0) is 4.74 Å². The van der Waals surface area contributed by atoms with Crippen LogP contribution in [0.15, 0.2) is 17.5 Å². The van der Waals surface area contributed by atoms with Gasteiger partial charge in [-0.25, -0.2) is 0 Å². The van der Waals surface area contributed by atoms with Gasteiger partial charge in [0.2, 0.25) is 0 Å². The maximum Gasteiger partial charge on any atom is 0.264 e. The van der Waals surface area contributed by atoms with Gasteiger partial charge in [0.05, 0.1) is 11.5 Å². The Balaban J connectivity index is 1.79. The van der Waals surface area contributed by atoms with Crippen LogP contribution in [0.4, 0.5) is 0 Å². The molecule has 3 heterocycles. The Morgan fingerprint density at radius 1 is 1.53 bits per heavy atom. The van der Waals surface area contributed by atoms with Crippen LogP contribution >= 0.6 is 23.1 Å². The Morgan fingerprint density at radius 2 is 2.47 bits per heavy atom. The molecule has 0 aromatic carbocycles.